The zero-order valence-electron chi connectivity index (χ0n) is 17.0. The lowest BCUT2D eigenvalue weighted by atomic mass is 10.1. The molecule has 0 saturated carbocycles. The van der Waals surface area contributed by atoms with Gasteiger partial charge in [-0.25, -0.2) is 9.78 Å². The van der Waals surface area contributed by atoms with Gasteiger partial charge in [-0.3, -0.25) is 0 Å². The minimum Gasteiger partial charge on any atom is -0.487 e. The number of aromatic nitrogens is 1. The lowest BCUT2D eigenvalue weighted by molar-refractivity contribution is -0.145. The van der Waals surface area contributed by atoms with Crippen molar-refractivity contribution >= 4 is 16.9 Å². The number of aryl methyl sites for hydroxylation is 1. The number of fused-ring (bicyclic) bond motifs is 1. The number of carbonyl (C=O) groups is 1. The van der Waals surface area contributed by atoms with Gasteiger partial charge in [0.2, 0.25) is 0 Å². The molecule has 1 aromatic heterocycles. The molecular formula is C26H23NO4. The van der Waals surface area contributed by atoms with Gasteiger partial charge in [-0.05, 0) is 42.7 Å². The van der Waals surface area contributed by atoms with Crippen molar-refractivity contribution in [3.05, 3.63) is 102 Å². The molecule has 0 unspecified atom stereocenters. The van der Waals surface area contributed by atoms with Gasteiger partial charge in [-0.1, -0.05) is 60.7 Å². The molecule has 31 heavy (non-hydrogen) atoms. The second-order valence-electron chi connectivity index (χ2n) is 7.23. The molecular weight excluding hydrogens is 390 g/mol. The molecule has 4 rings (SSSR count). The Hall–Kier alpha value is -3.86. The van der Waals surface area contributed by atoms with Crippen LogP contribution in [-0.4, -0.2) is 22.2 Å². The van der Waals surface area contributed by atoms with Crippen LogP contribution in [0.1, 0.15) is 17.7 Å². The van der Waals surface area contributed by atoms with Crippen molar-refractivity contribution in [3.63, 3.8) is 0 Å². The second kappa shape index (κ2) is 9.76. The summed E-state index contributed by atoms with van der Waals surface area (Å²) in [5, 5.41) is 10.6. The van der Waals surface area contributed by atoms with Gasteiger partial charge in [0.05, 0.1) is 11.2 Å². The van der Waals surface area contributed by atoms with Crippen LogP contribution < -0.4 is 9.47 Å². The molecule has 3 aromatic carbocycles. The molecule has 0 bridgehead atoms. The maximum absolute atomic E-state index is 11.7. The highest BCUT2D eigenvalue weighted by Gasteiger charge is 2.19. The number of ether oxygens (including phenoxy) is 2. The Morgan fingerprint density at radius 3 is 2.48 bits per heavy atom. The van der Waals surface area contributed by atoms with Gasteiger partial charge in [0, 0.05) is 11.5 Å². The van der Waals surface area contributed by atoms with Crippen LogP contribution >= 0.6 is 0 Å². The fraction of sp³-hybridized carbons (Fsp3) is 0.154. The average molecular weight is 413 g/mol. The molecule has 1 N–H and O–H groups in total. The van der Waals surface area contributed by atoms with Gasteiger partial charge in [-0.15, -0.1) is 0 Å². The van der Waals surface area contributed by atoms with E-state index in [-0.39, 0.29) is 0 Å². The Morgan fingerprint density at radius 2 is 1.65 bits per heavy atom. The van der Waals surface area contributed by atoms with Gasteiger partial charge in [-0.2, -0.15) is 0 Å². The van der Waals surface area contributed by atoms with E-state index in [1.54, 1.807) is 18.2 Å². The van der Waals surface area contributed by atoms with Crippen molar-refractivity contribution in [3.8, 4) is 11.5 Å². The fourth-order valence-corrected chi connectivity index (χ4v) is 3.32. The highest BCUT2D eigenvalue weighted by molar-refractivity contribution is 5.78. The van der Waals surface area contributed by atoms with Crippen molar-refractivity contribution in [2.45, 2.75) is 25.6 Å². The summed E-state index contributed by atoms with van der Waals surface area (Å²) in [5.74, 6) is 0.0757. The normalized spacial score (nSPS) is 11.7. The van der Waals surface area contributed by atoms with Crippen molar-refractivity contribution < 1.29 is 19.4 Å². The lowest BCUT2D eigenvalue weighted by Gasteiger charge is -2.16. The molecule has 5 nitrogen and oxygen atoms in total. The molecule has 0 aliphatic rings. The summed E-state index contributed by atoms with van der Waals surface area (Å²) < 4.78 is 11.6. The zero-order chi connectivity index (χ0) is 21.5. The number of carboxylic acids is 1. The molecule has 0 radical (unpaired) electrons. The average Bonchev–Trinajstić information content (AvgIpc) is 2.81. The van der Waals surface area contributed by atoms with Crippen LogP contribution in [0.3, 0.4) is 0 Å². The number of carboxylic acid groups (broad SMARTS) is 1. The molecule has 0 amide bonds. The summed E-state index contributed by atoms with van der Waals surface area (Å²) in [6, 6.07) is 28.7. The van der Waals surface area contributed by atoms with E-state index >= 15 is 0 Å². The van der Waals surface area contributed by atoms with E-state index in [1.807, 2.05) is 72.8 Å². The number of benzene rings is 3. The summed E-state index contributed by atoms with van der Waals surface area (Å²) in [6.07, 6.45) is 0.0742. The lowest BCUT2D eigenvalue weighted by Crippen LogP contribution is -2.27. The zero-order valence-corrected chi connectivity index (χ0v) is 17.0. The summed E-state index contributed by atoms with van der Waals surface area (Å²) in [7, 11) is 0. The molecule has 0 aliphatic carbocycles. The SMILES string of the molecule is O=C(O)[C@H](CCc1ccccc1)Oc1cccc(OCc2ccc3ccccc3n2)c1. The molecule has 0 spiro atoms. The maximum Gasteiger partial charge on any atom is 0.344 e. The molecule has 0 saturated heterocycles. The molecule has 5 heteroatoms. The van der Waals surface area contributed by atoms with Gasteiger partial charge >= 0.3 is 5.97 Å². The summed E-state index contributed by atoms with van der Waals surface area (Å²) in [6.45, 7) is 0.310. The Balaban J connectivity index is 1.38. The van der Waals surface area contributed by atoms with Crippen LogP contribution in [-0.2, 0) is 17.8 Å². The van der Waals surface area contributed by atoms with E-state index in [0.29, 0.717) is 30.9 Å². The largest absolute Gasteiger partial charge is 0.487 e. The molecule has 0 aliphatic heterocycles. The topological polar surface area (TPSA) is 68.7 Å². The van der Waals surface area contributed by atoms with E-state index in [0.717, 1.165) is 22.2 Å². The number of hydrogen-bond acceptors (Lipinski definition) is 4. The van der Waals surface area contributed by atoms with Crippen LogP contribution in [0.15, 0.2) is 91.0 Å². The van der Waals surface area contributed by atoms with Gasteiger partial charge in [0.1, 0.15) is 18.1 Å². The number of rotatable bonds is 9. The molecule has 4 aromatic rings. The first-order valence-electron chi connectivity index (χ1n) is 10.2. The van der Waals surface area contributed by atoms with Crippen molar-refractivity contribution in [2.24, 2.45) is 0 Å². The Labute approximate surface area is 180 Å². The van der Waals surface area contributed by atoms with Crippen LogP contribution in [0.2, 0.25) is 0 Å². The third-order valence-corrected chi connectivity index (χ3v) is 4.94. The standard InChI is InChI=1S/C26H23NO4/c28-26(29)25(16-13-19-7-2-1-3-8-19)31-23-11-6-10-22(17-23)30-18-21-15-14-20-9-4-5-12-24(20)27-21/h1-12,14-15,17,25H,13,16,18H2,(H,28,29)/t25-/m0/s1. The monoisotopic (exact) mass is 413 g/mol. The first kappa shape index (κ1) is 20.4. The fourth-order valence-electron chi connectivity index (χ4n) is 3.32. The smallest absolute Gasteiger partial charge is 0.344 e. The number of pyridine rings is 1. The first-order valence-corrected chi connectivity index (χ1v) is 10.2. The van der Waals surface area contributed by atoms with E-state index in [2.05, 4.69) is 4.98 Å². The Morgan fingerprint density at radius 1 is 0.871 bits per heavy atom. The third-order valence-electron chi connectivity index (χ3n) is 4.94. The highest BCUT2D eigenvalue weighted by Crippen LogP contribution is 2.23. The predicted molar refractivity (Wildman–Crippen MR) is 119 cm³/mol. The van der Waals surface area contributed by atoms with E-state index < -0.39 is 12.1 Å². The van der Waals surface area contributed by atoms with Gasteiger partial charge in [0.15, 0.2) is 6.10 Å². The van der Waals surface area contributed by atoms with Crippen molar-refractivity contribution in [2.75, 3.05) is 0 Å². The van der Waals surface area contributed by atoms with Gasteiger partial charge in [0.25, 0.3) is 0 Å². The minimum absolute atomic E-state index is 0.310. The first-order chi connectivity index (χ1) is 15.2. The maximum atomic E-state index is 11.7. The van der Waals surface area contributed by atoms with Crippen LogP contribution in [0, 0.1) is 0 Å². The predicted octanol–water partition coefficient (Wildman–Crippen LogP) is 5.28. The minimum atomic E-state index is -0.984. The van der Waals surface area contributed by atoms with Gasteiger partial charge < -0.3 is 14.6 Å². The number of hydrogen-bond donors (Lipinski definition) is 1. The van der Waals surface area contributed by atoms with E-state index in [9.17, 15) is 9.90 Å². The Kier molecular flexibility index (Phi) is 6.43. The molecule has 0 fully saturated rings. The van der Waals surface area contributed by atoms with Crippen molar-refractivity contribution in [1.29, 1.82) is 0 Å². The molecule has 1 heterocycles. The van der Waals surface area contributed by atoms with Crippen molar-refractivity contribution in [1.82, 2.24) is 4.98 Å². The number of para-hydroxylation sites is 1. The van der Waals surface area contributed by atoms with Crippen LogP contribution in [0.25, 0.3) is 10.9 Å². The summed E-state index contributed by atoms with van der Waals surface area (Å²) >= 11 is 0. The molecule has 156 valence electrons. The number of aliphatic carboxylic acids is 1. The van der Waals surface area contributed by atoms with E-state index in [1.165, 1.54) is 0 Å². The highest BCUT2D eigenvalue weighted by atomic mass is 16.5. The third kappa shape index (κ3) is 5.60. The van der Waals surface area contributed by atoms with Crippen LogP contribution in [0.5, 0.6) is 11.5 Å². The quantitative estimate of drug-likeness (QED) is 0.404. The number of nitrogens with zero attached hydrogens (tertiary/aromatic N) is 1. The van der Waals surface area contributed by atoms with E-state index in [4.69, 9.17) is 9.47 Å². The summed E-state index contributed by atoms with van der Waals surface area (Å²) in [5.41, 5.74) is 2.82. The Bertz CT molecular complexity index is 1160. The summed E-state index contributed by atoms with van der Waals surface area (Å²) in [4.78, 5) is 16.3. The second-order valence-corrected chi connectivity index (χ2v) is 7.23. The van der Waals surface area contributed by atoms with Crippen LogP contribution in [0.4, 0.5) is 0 Å². The molecule has 1 atom stereocenters.